The molecule has 0 radical (unpaired) electrons. The van der Waals surface area contributed by atoms with Gasteiger partial charge >= 0.3 is 0 Å². The van der Waals surface area contributed by atoms with Gasteiger partial charge in [0.15, 0.2) is 0 Å². The maximum atomic E-state index is 5.87. The Morgan fingerprint density at radius 1 is 1.30 bits per heavy atom. The van der Waals surface area contributed by atoms with Gasteiger partial charge in [-0.15, -0.1) is 0 Å². The van der Waals surface area contributed by atoms with Gasteiger partial charge in [-0.3, -0.25) is 9.98 Å². The second-order valence-corrected chi connectivity index (χ2v) is 7.71. The molecule has 0 amide bonds. The van der Waals surface area contributed by atoms with E-state index in [4.69, 9.17) is 5.73 Å². The predicted octanol–water partition coefficient (Wildman–Crippen LogP) is 4.55. The molecule has 1 aromatic rings. The fraction of sp³-hybridized carbons (Fsp3) is 0.565. The van der Waals surface area contributed by atoms with Crippen LogP contribution in [0.1, 0.15) is 43.7 Å². The van der Waals surface area contributed by atoms with Gasteiger partial charge in [0.25, 0.3) is 0 Å². The van der Waals surface area contributed by atoms with E-state index in [9.17, 15) is 0 Å². The molecule has 2 unspecified atom stereocenters. The van der Waals surface area contributed by atoms with Crippen LogP contribution in [0, 0.1) is 25.7 Å². The quantitative estimate of drug-likeness (QED) is 0.616. The Bertz CT molecular complexity index is 677. The lowest BCUT2D eigenvalue weighted by Crippen LogP contribution is -2.23. The summed E-state index contributed by atoms with van der Waals surface area (Å²) in [7, 11) is 0. The van der Waals surface area contributed by atoms with Gasteiger partial charge in [-0.2, -0.15) is 0 Å². The van der Waals surface area contributed by atoms with Crippen LogP contribution in [0.15, 0.2) is 40.5 Å². The Kier molecular flexibility index (Phi) is 8.23. The van der Waals surface area contributed by atoms with Crippen LogP contribution >= 0.6 is 0 Å². The molecule has 27 heavy (non-hydrogen) atoms. The van der Waals surface area contributed by atoms with Gasteiger partial charge in [0.2, 0.25) is 0 Å². The third-order valence-corrected chi connectivity index (χ3v) is 5.69. The number of anilines is 1. The number of hydrogen-bond acceptors (Lipinski definition) is 4. The lowest BCUT2D eigenvalue weighted by molar-refractivity contribution is 0.459. The second-order valence-electron chi connectivity index (χ2n) is 7.71. The van der Waals surface area contributed by atoms with Crippen LogP contribution < -0.4 is 10.6 Å². The van der Waals surface area contributed by atoms with Crippen molar-refractivity contribution in [1.82, 2.24) is 0 Å². The lowest BCUT2D eigenvalue weighted by Gasteiger charge is -2.22. The van der Waals surface area contributed by atoms with Gasteiger partial charge in [0.05, 0.1) is 6.54 Å². The molecule has 0 aromatic heterocycles. The van der Waals surface area contributed by atoms with Gasteiger partial charge in [-0.05, 0) is 94.8 Å². The Morgan fingerprint density at radius 3 is 2.70 bits per heavy atom. The Balaban J connectivity index is 2.00. The third-order valence-electron chi connectivity index (χ3n) is 5.69. The van der Waals surface area contributed by atoms with Crippen molar-refractivity contribution in [3.05, 3.63) is 41.6 Å². The van der Waals surface area contributed by atoms with Gasteiger partial charge in [-0.25, -0.2) is 0 Å². The van der Waals surface area contributed by atoms with Gasteiger partial charge in [-0.1, -0.05) is 12.6 Å². The van der Waals surface area contributed by atoms with E-state index in [2.05, 4.69) is 67.2 Å². The first-order valence-electron chi connectivity index (χ1n) is 10.2. The highest BCUT2D eigenvalue weighted by atomic mass is 15.2. The molecule has 148 valence electrons. The Hall–Kier alpha value is -1.94. The van der Waals surface area contributed by atoms with Crippen molar-refractivity contribution >= 4 is 18.1 Å². The number of aliphatic imine (C=N–C) groups is 2. The smallest absolute Gasteiger partial charge is 0.0763 e. The van der Waals surface area contributed by atoms with E-state index in [0.717, 1.165) is 32.4 Å². The summed E-state index contributed by atoms with van der Waals surface area (Å²) < 4.78 is 0. The van der Waals surface area contributed by atoms with E-state index in [1.807, 2.05) is 0 Å². The van der Waals surface area contributed by atoms with Crippen molar-refractivity contribution in [3.8, 4) is 0 Å². The molecular formula is C23H36N4. The highest BCUT2D eigenvalue weighted by molar-refractivity contribution is 5.89. The molecule has 2 atom stereocenters. The first kappa shape index (κ1) is 21.4. The predicted molar refractivity (Wildman–Crippen MR) is 119 cm³/mol. The molecule has 1 aromatic carbocycles. The van der Waals surface area contributed by atoms with Crippen molar-refractivity contribution in [3.63, 3.8) is 0 Å². The van der Waals surface area contributed by atoms with Crippen LogP contribution in [0.25, 0.3) is 0 Å². The summed E-state index contributed by atoms with van der Waals surface area (Å²) in [6, 6.07) is 6.70. The molecular weight excluding hydrogens is 332 g/mol. The molecule has 0 bridgehead atoms. The fourth-order valence-corrected chi connectivity index (χ4v) is 4.01. The normalized spacial score (nSPS) is 18.8. The standard InChI is InChI=1S/C23H36N4/c1-6-26-23(15-25-5)21(11-12-24)9-8-20-14-19(4)27(16-20)22-10-7-17(2)18(3)13-22/h7,10,13,20-21H,4-6,8-9,11-12,14-16,24H2,1-3H3. The maximum Gasteiger partial charge on any atom is 0.0763 e. The van der Waals surface area contributed by atoms with Gasteiger partial charge in [0.1, 0.15) is 0 Å². The summed E-state index contributed by atoms with van der Waals surface area (Å²) in [5.41, 5.74) is 12.2. The van der Waals surface area contributed by atoms with Crippen LogP contribution in [-0.4, -0.2) is 38.6 Å². The zero-order chi connectivity index (χ0) is 19.8. The molecule has 2 N–H and O–H groups in total. The van der Waals surface area contributed by atoms with Crippen molar-refractivity contribution in [2.24, 2.45) is 27.6 Å². The molecule has 1 aliphatic heterocycles. The monoisotopic (exact) mass is 368 g/mol. The van der Waals surface area contributed by atoms with Gasteiger partial charge < -0.3 is 10.6 Å². The van der Waals surface area contributed by atoms with Crippen LogP contribution in [0.2, 0.25) is 0 Å². The summed E-state index contributed by atoms with van der Waals surface area (Å²) in [6.45, 7) is 17.6. The summed E-state index contributed by atoms with van der Waals surface area (Å²) in [4.78, 5) is 11.1. The van der Waals surface area contributed by atoms with E-state index in [1.54, 1.807) is 0 Å². The highest BCUT2D eigenvalue weighted by Crippen LogP contribution is 2.35. The van der Waals surface area contributed by atoms with E-state index in [0.29, 0.717) is 24.9 Å². The molecule has 1 saturated heterocycles. The first-order valence-corrected chi connectivity index (χ1v) is 10.2. The minimum Gasteiger partial charge on any atom is -0.345 e. The van der Waals surface area contributed by atoms with E-state index < -0.39 is 0 Å². The van der Waals surface area contributed by atoms with Crippen LogP contribution in [-0.2, 0) is 0 Å². The third kappa shape index (κ3) is 5.77. The molecule has 1 heterocycles. The van der Waals surface area contributed by atoms with Crippen molar-refractivity contribution in [2.75, 3.05) is 31.1 Å². The number of aryl methyl sites for hydroxylation is 2. The average Bonchev–Trinajstić information content (AvgIpc) is 3.01. The van der Waals surface area contributed by atoms with Crippen molar-refractivity contribution < 1.29 is 0 Å². The molecule has 2 rings (SSSR count). The van der Waals surface area contributed by atoms with Crippen molar-refractivity contribution in [2.45, 2.75) is 46.5 Å². The number of allylic oxidation sites excluding steroid dienone is 1. The average molecular weight is 369 g/mol. The minimum absolute atomic E-state index is 0.421. The zero-order valence-corrected chi connectivity index (χ0v) is 17.4. The van der Waals surface area contributed by atoms with Crippen LogP contribution in [0.4, 0.5) is 5.69 Å². The number of rotatable bonds is 10. The Morgan fingerprint density at radius 2 is 2.07 bits per heavy atom. The molecule has 1 aliphatic rings. The number of nitrogens with two attached hydrogens (primary N) is 1. The molecule has 1 fully saturated rings. The Labute approximate surface area is 165 Å². The molecule has 0 spiro atoms. The maximum absolute atomic E-state index is 5.87. The number of benzene rings is 1. The molecule has 4 nitrogen and oxygen atoms in total. The first-order chi connectivity index (χ1) is 13.0. The fourth-order valence-electron chi connectivity index (χ4n) is 4.01. The molecule has 0 saturated carbocycles. The van der Waals surface area contributed by atoms with E-state index >= 15 is 0 Å². The van der Waals surface area contributed by atoms with E-state index in [-0.39, 0.29) is 0 Å². The second kappa shape index (κ2) is 10.4. The van der Waals surface area contributed by atoms with Crippen LogP contribution in [0.3, 0.4) is 0 Å². The SMILES string of the molecule is C=NCC(=NCC)C(CCN)CCC1CC(=C)N(c2ccc(C)c(C)c2)C1. The lowest BCUT2D eigenvalue weighted by atomic mass is 9.89. The molecule has 4 heteroatoms. The molecule has 0 aliphatic carbocycles. The van der Waals surface area contributed by atoms with Gasteiger partial charge in [0, 0.05) is 30.2 Å². The summed E-state index contributed by atoms with van der Waals surface area (Å²) in [5, 5.41) is 0. The topological polar surface area (TPSA) is 54.0 Å². The van der Waals surface area contributed by atoms with Crippen molar-refractivity contribution in [1.29, 1.82) is 0 Å². The summed E-state index contributed by atoms with van der Waals surface area (Å²) >= 11 is 0. The summed E-state index contributed by atoms with van der Waals surface area (Å²) in [5.74, 6) is 1.06. The number of nitrogens with zero attached hydrogens (tertiary/aromatic N) is 3. The highest BCUT2D eigenvalue weighted by Gasteiger charge is 2.27. The largest absolute Gasteiger partial charge is 0.345 e. The van der Waals surface area contributed by atoms with E-state index in [1.165, 1.54) is 34.6 Å². The zero-order valence-electron chi connectivity index (χ0n) is 17.4. The van der Waals surface area contributed by atoms with Crippen LogP contribution in [0.5, 0.6) is 0 Å². The number of hydrogen-bond donors (Lipinski definition) is 1. The summed E-state index contributed by atoms with van der Waals surface area (Å²) in [6.07, 6.45) is 4.33. The minimum atomic E-state index is 0.421.